The number of nitrogens with one attached hydrogen (secondary N) is 1. The Morgan fingerprint density at radius 3 is 2.87 bits per heavy atom. The molecule has 7 heteroatoms. The van der Waals surface area contributed by atoms with Crippen molar-refractivity contribution in [3.8, 4) is 17.9 Å². The van der Waals surface area contributed by atoms with Crippen molar-refractivity contribution in [3.05, 3.63) is 29.8 Å². The number of nitriles is 2. The van der Waals surface area contributed by atoms with Crippen LogP contribution < -0.4 is 15.5 Å². The number of rotatable bonds is 2. The van der Waals surface area contributed by atoms with Crippen LogP contribution in [-0.4, -0.2) is 30.4 Å². The highest BCUT2D eigenvalue weighted by Crippen LogP contribution is 2.80. The van der Waals surface area contributed by atoms with Crippen LogP contribution in [0.3, 0.4) is 0 Å². The number of methoxy groups -OCH3 is 1. The Morgan fingerprint density at radius 1 is 1.43 bits per heavy atom. The minimum absolute atomic E-state index is 0.323. The smallest absolute Gasteiger partial charge is 0.277 e. The first-order valence-electron chi connectivity index (χ1n) is 7.27. The van der Waals surface area contributed by atoms with Crippen LogP contribution in [0.2, 0.25) is 0 Å². The second kappa shape index (κ2) is 4.41. The summed E-state index contributed by atoms with van der Waals surface area (Å²) in [4.78, 5) is 3.10. The summed E-state index contributed by atoms with van der Waals surface area (Å²) in [5.41, 5.74) is 4.94. The van der Waals surface area contributed by atoms with Gasteiger partial charge in [-0.3, -0.25) is 5.73 Å². The molecule has 2 aliphatic heterocycles. The van der Waals surface area contributed by atoms with Gasteiger partial charge in [-0.1, -0.05) is 23.9 Å². The highest BCUT2D eigenvalue weighted by atomic mass is 32.2. The molecule has 2 heterocycles. The van der Waals surface area contributed by atoms with Crippen molar-refractivity contribution in [2.75, 3.05) is 19.5 Å². The fourth-order valence-electron chi connectivity index (χ4n) is 4.14. The summed E-state index contributed by atoms with van der Waals surface area (Å²) >= 11 is 1.51. The van der Waals surface area contributed by atoms with E-state index in [-0.39, 0.29) is 5.92 Å². The lowest BCUT2D eigenvalue weighted by Gasteiger charge is -2.23. The summed E-state index contributed by atoms with van der Waals surface area (Å²) in [5.74, 6) is 1.43. The van der Waals surface area contributed by atoms with Crippen LogP contribution in [0.25, 0.3) is 0 Å². The van der Waals surface area contributed by atoms with Gasteiger partial charge in [-0.2, -0.15) is 10.5 Å². The van der Waals surface area contributed by atoms with Crippen LogP contribution in [0.5, 0.6) is 5.75 Å². The SMILES string of the molecule is COc1cccc([C@@H]2[C@@]3(C#N)[C@@]4([NH+]=C(N)[C@@]23C#N)OCCS4)c1. The lowest BCUT2D eigenvalue weighted by Crippen LogP contribution is -2.88. The molecule has 0 amide bonds. The Labute approximate surface area is 137 Å². The zero-order valence-corrected chi connectivity index (χ0v) is 13.3. The molecule has 0 bridgehead atoms. The monoisotopic (exact) mass is 327 g/mol. The van der Waals surface area contributed by atoms with Gasteiger partial charge in [-0.05, 0) is 17.7 Å². The molecule has 1 aromatic rings. The van der Waals surface area contributed by atoms with Crippen molar-refractivity contribution in [2.45, 2.75) is 11.0 Å². The largest absolute Gasteiger partial charge is 0.497 e. The van der Waals surface area contributed by atoms with Crippen LogP contribution in [0.4, 0.5) is 0 Å². The number of amidine groups is 1. The average molecular weight is 327 g/mol. The van der Waals surface area contributed by atoms with E-state index < -0.39 is 15.9 Å². The minimum atomic E-state index is -1.08. The predicted molar refractivity (Wildman–Crippen MR) is 83.1 cm³/mol. The lowest BCUT2D eigenvalue weighted by atomic mass is 9.95. The molecule has 0 aromatic heterocycles. The highest BCUT2D eigenvalue weighted by molar-refractivity contribution is 8.00. The van der Waals surface area contributed by atoms with E-state index in [9.17, 15) is 10.5 Å². The highest BCUT2D eigenvalue weighted by Gasteiger charge is 2.96. The molecule has 1 aromatic carbocycles. The van der Waals surface area contributed by atoms with E-state index in [0.717, 1.165) is 11.3 Å². The minimum Gasteiger partial charge on any atom is -0.497 e. The Bertz CT molecular complexity index is 805. The average Bonchev–Trinajstić information content (AvgIpc) is 2.84. The van der Waals surface area contributed by atoms with Crippen molar-refractivity contribution < 1.29 is 14.5 Å². The summed E-state index contributed by atoms with van der Waals surface area (Å²) in [6.45, 7) is 0.528. The van der Waals surface area contributed by atoms with E-state index >= 15 is 0 Å². The molecular formula is C16H15N4O2S+. The molecule has 3 N–H and O–H groups in total. The summed E-state index contributed by atoms with van der Waals surface area (Å²) in [5, 5.41) is 19.0. The Morgan fingerprint density at radius 2 is 2.26 bits per heavy atom. The topological polar surface area (TPSA) is 106 Å². The van der Waals surface area contributed by atoms with Gasteiger partial charge < -0.3 is 9.47 Å². The van der Waals surface area contributed by atoms with E-state index in [4.69, 9.17) is 15.2 Å². The summed E-state index contributed by atoms with van der Waals surface area (Å²) in [6.07, 6.45) is 0. The summed E-state index contributed by atoms with van der Waals surface area (Å²) in [6, 6.07) is 12.2. The summed E-state index contributed by atoms with van der Waals surface area (Å²) < 4.78 is 11.2. The second-order valence-corrected chi connectivity index (χ2v) is 7.17. The number of fused-ring (bicyclic) bond motifs is 2. The van der Waals surface area contributed by atoms with E-state index in [0.29, 0.717) is 18.2 Å². The van der Waals surface area contributed by atoms with E-state index in [1.54, 1.807) is 7.11 Å². The quantitative estimate of drug-likeness (QED) is 0.771. The van der Waals surface area contributed by atoms with Crippen molar-refractivity contribution in [2.24, 2.45) is 16.6 Å². The zero-order chi connectivity index (χ0) is 16.3. The number of ether oxygens (including phenoxy) is 2. The third kappa shape index (κ3) is 1.36. The Kier molecular flexibility index (Phi) is 2.76. The molecule has 6 nitrogen and oxygen atoms in total. The van der Waals surface area contributed by atoms with E-state index in [1.807, 2.05) is 24.3 Å². The fraction of sp³-hybridized carbons (Fsp3) is 0.438. The predicted octanol–water partition coefficient (Wildman–Crippen LogP) is -0.319. The normalized spacial score (nSPS) is 40.1. The Balaban J connectivity index is 1.91. The van der Waals surface area contributed by atoms with Gasteiger partial charge in [0.2, 0.25) is 0 Å². The first kappa shape index (κ1) is 14.4. The maximum atomic E-state index is 10.0. The molecule has 116 valence electrons. The first-order valence-corrected chi connectivity index (χ1v) is 8.26. The van der Waals surface area contributed by atoms with Crippen LogP contribution in [0.1, 0.15) is 11.5 Å². The summed E-state index contributed by atoms with van der Waals surface area (Å²) in [7, 11) is 1.59. The number of nitrogens with zero attached hydrogens (tertiary/aromatic N) is 2. The van der Waals surface area contributed by atoms with Crippen LogP contribution >= 0.6 is 11.8 Å². The van der Waals surface area contributed by atoms with Crippen LogP contribution in [0.15, 0.2) is 24.3 Å². The molecule has 4 atom stereocenters. The lowest BCUT2D eigenvalue weighted by molar-refractivity contribution is -0.583. The van der Waals surface area contributed by atoms with E-state index in [1.165, 1.54) is 11.8 Å². The molecule has 23 heavy (non-hydrogen) atoms. The molecule has 1 saturated carbocycles. The Hall–Kier alpha value is -2.22. The van der Waals surface area contributed by atoms with Gasteiger partial charge in [0.05, 0.1) is 25.9 Å². The number of thioether (sulfide) groups is 1. The molecule has 0 radical (unpaired) electrons. The van der Waals surface area contributed by atoms with Crippen molar-refractivity contribution in [3.63, 3.8) is 0 Å². The molecular weight excluding hydrogens is 312 g/mol. The van der Waals surface area contributed by atoms with Gasteiger partial charge in [0, 0.05) is 11.7 Å². The molecule has 0 unspecified atom stereocenters. The number of nitrogens with two attached hydrogens (primary N) is 1. The van der Waals surface area contributed by atoms with Crippen molar-refractivity contribution >= 4 is 17.6 Å². The second-order valence-electron chi connectivity index (χ2n) is 5.90. The fourth-order valence-corrected chi connectivity index (χ4v) is 5.49. The first-order chi connectivity index (χ1) is 11.1. The third-order valence-corrected chi connectivity index (χ3v) is 6.44. The van der Waals surface area contributed by atoms with Crippen molar-refractivity contribution in [1.29, 1.82) is 10.5 Å². The molecule has 4 rings (SSSR count). The molecule has 1 spiro atoms. The maximum Gasteiger partial charge on any atom is 0.277 e. The maximum absolute atomic E-state index is 10.0. The van der Waals surface area contributed by atoms with Gasteiger partial charge in [0.15, 0.2) is 10.8 Å². The van der Waals surface area contributed by atoms with Crippen LogP contribution in [-0.2, 0) is 4.74 Å². The van der Waals surface area contributed by atoms with Gasteiger partial charge in [0.1, 0.15) is 5.75 Å². The third-order valence-electron chi connectivity index (χ3n) is 5.12. The van der Waals surface area contributed by atoms with E-state index in [2.05, 4.69) is 17.1 Å². The van der Waals surface area contributed by atoms with Gasteiger partial charge in [-0.25, -0.2) is 4.99 Å². The molecule has 3 aliphatic rings. The van der Waals surface area contributed by atoms with Crippen LogP contribution in [0, 0.1) is 33.5 Å². The molecule has 1 aliphatic carbocycles. The zero-order valence-electron chi connectivity index (χ0n) is 12.5. The standard InChI is InChI=1S/C16H14N4O2S/c1-21-11-4-2-3-10(7-11)12-14(8-17)13(19)20-16(15(12,14)9-18)22-5-6-23-16/h2-4,7,12H,5-6H2,1H3,(H2,19,20)/p+1/t12-,14+,15+,16+/m0/s1. The molecule has 2 fully saturated rings. The number of hydrogen-bond acceptors (Lipinski definition) is 6. The molecule has 1 saturated heterocycles. The number of hydrogen-bond donors (Lipinski definition) is 2. The van der Waals surface area contributed by atoms with Crippen molar-refractivity contribution in [1.82, 2.24) is 0 Å². The van der Waals surface area contributed by atoms with Gasteiger partial charge in [0.25, 0.3) is 10.9 Å². The number of benzene rings is 1. The van der Waals surface area contributed by atoms with Gasteiger partial charge >= 0.3 is 0 Å². The van der Waals surface area contributed by atoms with Gasteiger partial charge in [-0.15, -0.1) is 0 Å².